The van der Waals surface area contributed by atoms with Crippen LogP contribution in [-0.2, 0) is 6.54 Å². The third-order valence-corrected chi connectivity index (χ3v) is 3.65. The minimum absolute atomic E-state index is 0.746. The average Bonchev–Trinajstić information content (AvgIpc) is 2.67. The highest BCUT2D eigenvalue weighted by Crippen LogP contribution is 2.21. The molecule has 1 aliphatic rings. The monoisotopic (exact) mass is 253 g/mol. The second kappa shape index (κ2) is 4.94. The van der Waals surface area contributed by atoms with E-state index in [4.69, 9.17) is 0 Å². The lowest BCUT2D eigenvalue weighted by molar-refractivity contribution is 0.265. The Kier molecular flexibility index (Phi) is 3.60. The van der Waals surface area contributed by atoms with Gasteiger partial charge in [0, 0.05) is 17.9 Å². The quantitative estimate of drug-likeness (QED) is 0.749. The van der Waals surface area contributed by atoms with E-state index in [1.165, 1.54) is 24.9 Å². The first-order valence-electron chi connectivity index (χ1n) is 5.24. The molecule has 0 spiro atoms. The predicted molar refractivity (Wildman–Crippen MR) is 63.7 cm³/mol. The zero-order valence-electron chi connectivity index (χ0n) is 8.32. The van der Waals surface area contributed by atoms with Crippen LogP contribution in [0.4, 0.5) is 0 Å². The van der Waals surface area contributed by atoms with Gasteiger partial charge in [-0.05, 0) is 24.9 Å². The van der Waals surface area contributed by atoms with Crippen molar-refractivity contribution in [3.05, 3.63) is 35.9 Å². The number of hydrogen-bond acceptors (Lipinski definition) is 1. The largest absolute Gasteiger partial charge is 0.295 e. The maximum atomic E-state index is 3.59. The van der Waals surface area contributed by atoms with Crippen LogP contribution in [0.5, 0.6) is 0 Å². The first-order valence-corrected chi connectivity index (χ1v) is 6.36. The number of likely N-dealkylation sites (tertiary alicyclic amines) is 1. The van der Waals surface area contributed by atoms with Crippen LogP contribution in [-0.4, -0.2) is 22.8 Å². The Balaban J connectivity index is 1.97. The van der Waals surface area contributed by atoms with Gasteiger partial charge in [0.2, 0.25) is 0 Å². The summed E-state index contributed by atoms with van der Waals surface area (Å²) in [5.74, 6) is 0. The van der Waals surface area contributed by atoms with E-state index in [0.717, 1.165) is 17.9 Å². The van der Waals surface area contributed by atoms with E-state index in [2.05, 4.69) is 51.2 Å². The molecule has 1 atom stereocenters. The van der Waals surface area contributed by atoms with Gasteiger partial charge in [-0.3, -0.25) is 4.90 Å². The van der Waals surface area contributed by atoms with Crippen LogP contribution in [0.2, 0.25) is 0 Å². The minimum Gasteiger partial charge on any atom is -0.295 e. The van der Waals surface area contributed by atoms with Crippen molar-refractivity contribution in [3.63, 3.8) is 0 Å². The van der Waals surface area contributed by atoms with Crippen LogP contribution in [0, 0.1) is 0 Å². The first kappa shape index (κ1) is 10.2. The van der Waals surface area contributed by atoms with Gasteiger partial charge in [0.05, 0.1) is 0 Å². The molecule has 2 rings (SSSR count). The molecule has 0 aromatic heterocycles. The maximum Gasteiger partial charge on any atom is 0.0237 e. The van der Waals surface area contributed by atoms with Crippen LogP contribution in [0.15, 0.2) is 30.3 Å². The van der Waals surface area contributed by atoms with Gasteiger partial charge in [-0.25, -0.2) is 0 Å². The number of nitrogens with zero attached hydrogens (tertiary/aromatic N) is 1. The Morgan fingerprint density at radius 1 is 1.29 bits per heavy atom. The molecule has 1 aromatic rings. The van der Waals surface area contributed by atoms with Crippen molar-refractivity contribution in [3.8, 4) is 0 Å². The van der Waals surface area contributed by atoms with Crippen molar-refractivity contribution in [2.45, 2.75) is 25.4 Å². The fourth-order valence-corrected chi connectivity index (χ4v) is 2.83. The summed E-state index contributed by atoms with van der Waals surface area (Å²) in [5.41, 5.74) is 1.43. The lowest BCUT2D eigenvalue weighted by Crippen LogP contribution is -2.29. The van der Waals surface area contributed by atoms with Gasteiger partial charge in [-0.1, -0.05) is 46.3 Å². The number of rotatable bonds is 3. The van der Waals surface area contributed by atoms with E-state index in [0.29, 0.717) is 0 Å². The molecule has 0 amide bonds. The second-order valence-electron chi connectivity index (χ2n) is 3.91. The fourth-order valence-electron chi connectivity index (χ4n) is 2.10. The molecule has 2 heteroatoms. The highest BCUT2D eigenvalue weighted by molar-refractivity contribution is 9.09. The molecule has 0 saturated carbocycles. The molecule has 1 nitrogen and oxygen atoms in total. The van der Waals surface area contributed by atoms with E-state index in [9.17, 15) is 0 Å². The van der Waals surface area contributed by atoms with Gasteiger partial charge in [-0.2, -0.15) is 0 Å². The second-order valence-corrected chi connectivity index (χ2v) is 4.55. The number of benzene rings is 1. The standard InChI is InChI=1S/C12H16BrN/c13-9-12-7-4-8-14(12)10-11-5-2-1-3-6-11/h1-3,5-6,12H,4,7-10H2/t12-/m1/s1. The Morgan fingerprint density at radius 3 is 2.79 bits per heavy atom. The molecule has 0 unspecified atom stereocenters. The van der Waals surface area contributed by atoms with Crippen molar-refractivity contribution < 1.29 is 0 Å². The van der Waals surface area contributed by atoms with E-state index < -0.39 is 0 Å². The van der Waals surface area contributed by atoms with Gasteiger partial charge in [-0.15, -0.1) is 0 Å². The van der Waals surface area contributed by atoms with Crippen LogP contribution < -0.4 is 0 Å². The van der Waals surface area contributed by atoms with Crippen molar-refractivity contribution in [1.29, 1.82) is 0 Å². The number of alkyl halides is 1. The Labute approximate surface area is 94.2 Å². The molecule has 0 bridgehead atoms. The highest BCUT2D eigenvalue weighted by atomic mass is 79.9. The molecule has 1 fully saturated rings. The third-order valence-electron chi connectivity index (χ3n) is 2.91. The molecule has 1 saturated heterocycles. The SMILES string of the molecule is BrC[C@H]1CCCN1Cc1ccccc1. The van der Waals surface area contributed by atoms with Crippen molar-refractivity contribution in [1.82, 2.24) is 4.90 Å². The Morgan fingerprint density at radius 2 is 2.07 bits per heavy atom. The van der Waals surface area contributed by atoms with E-state index in [1.807, 2.05) is 0 Å². The summed E-state index contributed by atoms with van der Waals surface area (Å²) in [6.07, 6.45) is 2.70. The minimum atomic E-state index is 0.746. The van der Waals surface area contributed by atoms with Crippen molar-refractivity contribution in [2.75, 3.05) is 11.9 Å². The smallest absolute Gasteiger partial charge is 0.0237 e. The van der Waals surface area contributed by atoms with E-state index >= 15 is 0 Å². The normalized spacial score (nSPS) is 22.8. The summed E-state index contributed by atoms with van der Waals surface area (Å²) in [7, 11) is 0. The van der Waals surface area contributed by atoms with Crippen LogP contribution >= 0.6 is 15.9 Å². The highest BCUT2D eigenvalue weighted by Gasteiger charge is 2.22. The third kappa shape index (κ3) is 2.37. The average molecular weight is 254 g/mol. The summed E-state index contributed by atoms with van der Waals surface area (Å²) >= 11 is 3.59. The topological polar surface area (TPSA) is 3.24 Å². The first-order chi connectivity index (χ1) is 6.90. The van der Waals surface area contributed by atoms with E-state index in [-0.39, 0.29) is 0 Å². The lowest BCUT2D eigenvalue weighted by atomic mass is 10.2. The Hall–Kier alpha value is -0.340. The van der Waals surface area contributed by atoms with Gasteiger partial charge in [0.25, 0.3) is 0 Å². The molecule has 1 aliphatic heterocycles. The molecular formula is C12H16BrN. The van der Waals surface area contributed by atoms with Crippen LogP contribution in [0.25, 0.3) is 0 Å². The molecule has 14 heavy (non-hydrogen) atoms. The zero-order chi connectivity index (χ0) is 9.80. The molecule has 1 heterocycles. The van der Waals surface area contributed by atoms with Gasteiger partial charge in [0.1, 0.15) is 0 Å². The predicted octanol–water partition coefficient (Wildman–Crippen LogP) is 3.05. The van der Waals surface area contributed by atoms with Gasteiger partial charge >= 0.3 is 0 Å². The molecule has 1 aromatic carbocycles. The number of halogens is 1. The van der Waals surface area contributed by atoms with Crippen LogP contribution in [0.3, 0.4) is 0 Å². The maximum absolute atomic E-state index is 3.59. The van der Waals surface area contributed by atoms with Gasteiger partial charge < -0.3 is 0 Å². The fraction of sp³-hybridized carbons (Fsp3) is 0.500. The summed E-state index contributed by atoms with van der Waals surface area (Å²) in [6, 6.07) is 11.5. The summed E-state index contributed by atoms with van der Waals surface area (Å²) < 4.78 is 0. The van der Waals surface area contributed by atoms with E-state index in [1.54, 1.807) is 0 Å². The Bertz CT molecular complexity index is 273. The molecule has 0 radical (unpaired) electrons. The van der Waals surface area contributed by atoms with Gasteiger partial charge in [0.15, 0.2) is 0 Å². The van der Waals surface area contributed by atoms with Crippen molar-refractivity contribution in [2.24, 2.45) is 0 Å². The summed E-state index contributed by atoms with van der Waals surface area (Å²) in [5, 5.41) is 1.11. The zero-order valence-corrected chi connectivity index (χ0v) is 9.91. The molecule has 0 aliphatic carbocycles. The molecule has 0 N–H and O–H groups in total. The molecule has 76 valence electrons. The van der Waals surface area contributed by atoms with Crippen LogP contribution in [0.1, 0.15) is 18.4 Å². The van der Waals surface area contributed by atoms with Crippen molar-refractivity contribution >= 4 is 15.9 Å². The lowest BCUT2D eigenvalue weighted by Gasteiger charge is -2.22. The summed E-state index contributed by atoms with van der Waals surface area (Å²) in [4.78, 5) is 2.57. The number of hydrogen-bond donors (Lipinski definition) is 0. The summed E-state index contributed by atoms with van der Waals surface area (Å²) in [6.45, 7) is 2.36. The molecular weight excluding hydrogens is 238 g/mol.